The maximum absolute atomic E-state index is 12.1. The van der Waals surface area contributed by atoms with Gasteiger partial charge < -0.3 is 14.4 Å². The van der Waals surface area contributed by atoms with E-state index in [1.54, 1.807) is 12.1 Å². The number of hydrogen-bond acceptors (Lipinski definition) is 3. The van der Waals surface area contributed by atoms with E-state index >= 15 is 0 Å². The van der Waals surface area contributed by atoms with Gasteiger partial charge in [-0.1, -0.05) is 30.3 Å². The van der Waals surface area contributed by atoms with Crippen molar-refractivity contribution in [3.05, 3.63) is 72.2 Å². The lowest BCUT2D eigenvalue weighted by Gasteiger charge is -2.20. The Labute approximate surface area is 122 Å². The smallest absolute Gasteiger partial charge is 0.328 e. The van der Waals surface area contributed by atoms with Crippen molar-refractivity contribution in [1.82, 2.24) is 4.90 Å². The molecule has 21 heavy (non-hydrogen) atoms. The first-order valence-corrected chi connectivity index (χ1v) is 6.41. The number of carboxylic acids is 1. The Bertz CT molecular complexity index is 617. The van der Waals surface area contributed by atoms with Crippen LogP contribution in [0, 0.1) is 0 Å². The number of aliphatic carboxylic acids is 1. The second kappa shape index (κ2) is 7.09. The number of furan rings is 1. The van der Waals surface area contributed by atoms with Crippen LogP contribution in [0.25, 0.3) is 0 Å². The van der Waals surface area contributed by atoms with Gasteiger partial charge in [0.05, 0.1) is 12.8 Å². The molecule has 1 aromatic heterocycles. The van der Waals surface area contributed by atoms with Gasteiger partial charge in [-0.2, -0.15) is 0 Å². The lowest BCUT2D eigenvalue weighted by Crippen LogP contribution is -2.28. The topological polar surface area (TPSA) is 70.8 Å². The van der Waals surface area contributed by atoms with Crippen LogP contribution in [0.3, 0.4) is 0 Å². The number of benzene rings is 1. The van der Waals surface area contributed by atoms with Crippen LogP contribution in [0.5, 0.6) is 0 Å². The molecule has 2 rings (SSSR count). The summed E-state index contributed by atoms with van der Waals surface area (Å²) in [4.78, 5) is 24.2. The van der Waals surface area contributed by atoms with E-state index in [0.717, 1.165) is 17.7 Å². The number of carbonyl (C=O) groups is 2. The summed E-state index contributed by atoms with van der Waals surface area (Å²) in [5.41, 5.74) is 0.959. The average molecular weight is 285 g/mol. The van der Waals surface area contributed by atoms with E-state index in [0.29, 0.717) is 12.3 Å². The van der Waals surface area contributed by atoms with E-state index in [1.807, 2.05) is 30.3 Å². The van der Waals surface area contributed by atoms with Gasteiger partial charge >= 0.3 is 5.97 Å². The zero-order valence-corrected chi connectivity index (χ0v) is 11.3. The van der Waals surface area contributed by atoms with Crippen molar-refractivity contribution in [2.75, 3.05) is 0 Å². The summed E-state index contributed by atoms with van der Waals surface area (Å²) >= 11 is 0. The quantitative estimate of drug-likeness (QED) is 0.828. The molecule has 0 atom stereocenters. The van der Waals surface area contributed by atoms with Gasteiger partial charge in [-0.3, -0.25) is 4.79 Å². The molecule has 5 nitrogen and oxygen atoms in total. The molecular formula is C16H15NO4. The summed E-state index contributed by atoms with van der Waals surface area (Å²) < 4.78 is 5.24. The number of rotatable bonds is 6. The highest BCUT2D eigenvalue weighted by molar-refractivity contribution is 5.93. The summed E-state index contributed by atoms with van der Waals surface area (Å²) in [6.07, 6.45) is 3.42. The van der Waals surface area contributed by atoms with Crippen molar-refractivity contribution in [1.29, 1.82) is 0 Å². The van der Waals surface area contributed by atoms with Crippen LogP contribution in [0.4, 0.5) is 0 Å². The molecule has 0 saturated carbocycles. The minimum atomic E-state index is -1.15. The van der Waals surface area contributed by atoms with Crippen LogP contribution in [-0.4, -0.2) is 21.9 Å². The third-order valence-corrected chi connectivity index (χ3v) is 2.82. The SMILES string of the molecule is O=C(O)/C=C/C(=O)N(Cc1ccccc1)Cc1ccco1. The molecule has 1 amide bonds. The second-order valence-electron chi connectivity index (χ2n) is 4.43. The van der Waals surface area contributed by atoms with E-state index in [4.69, 9.17) is 9.52 Å². The van der Waals surface area contributed by atoms with Crippen molar-refractivity contribution in [2.45, 2.75) is 13.1 Å². The van der Waals surface area contributed by atoms with Gasteiger partial charge in [0.1, 0.15) is 5.76 Å². The van der Waals surface area contributed by atoms with Gasteiger partial charge in [0.15, 0.2) is 0 Å². The van der Waals surface area contributed by atoms with E-state index in [1.165, 1.54) is 11.2 Å². The van der Waals surface area contributed by atoms with E-state index in [9.17, 15) is 9.59 Å². The number of nitrogens with zero attached hydrogens (tertiary/aromatic N) is 1. The molecule has 0 aliphatic carbocycles. The number of hydrogen-bond donors (Lipinski definition) is 1. The Morgan fingerprint density at radius 1 is 1.05 bits per heavy atom. The standard InChI is InChI=1S/C16H15NO4/c18-15(8-9-16(19)20)17(12-14-7-4-10-21-14)11-13-5-2-1-3-6-13/h1-10H,11-12H2,(H,19,20)/b9-8+. The molecule has 2 aromatic rings. The molecule has 0 radical (unpaired) electrons. The number of carbonyl (C=O) groups excluding carboxylic acids is 1. The zero-order chi connectivity index (χ0) is 15.1. The monoisotopic (exact) mass is 285 g/mol. The van der Waals surface area contributed by atoms with Crippen molar-refractivity contribution in [2.24, 2.45) is 0 Å². The van der Waals surface area contributed by atoms with Gasteiger partial charge in [0.25, 0.3) is 0 Å². The van der Waals surface area contributed by atoms with Crippen LogP contribution < -0.4 is 0 Å². The molecule has 1 N–H and O–H groups in total. The Balaban J connectivity index is 2.13. The van der Waals surface area contributed by atoms with E-state index in [2.05, 4.69) is 0 Å². The molecule has 0 aliphatic heterocycles. The van der Waals surface area contributed by atoms with Crippen LogP contribution in [0.15, 0.2) is 65.3 Å². The van der Waals surface area contributed by atoms with Gasteiger partial charge in [0.2, 0.25) is 5.91 Å². The molecule has 0 fully saturated rings. The van der Waals surface area contributed by atoms with E-state index < -0.39 is 5.97 Å². The first-order chi connectivity index (χ1) is 10.1. The van der Waals surface area contributed by atoms with Crippen LogP contribution in [0.1, 0.15) is 11.3 Å². The Morgan fingerprint density at radius 2 is 1.81 bits per heavy atom. The van der Waals surface area contributed by atoms with Crippen LogP contribution >= 0.6 is 0 Å². The lowest BCUT2D eigenvalue weighted by atomic mass is 10.2. The van der Waals surface area contributed by atoms with Gasteiger partial charge in [0, 0.05) is 18.7 Å². The highest BCUT2D eigenvalue weighted by atomic mass is 16.4. The second-order valence-corrected chi connectivity index (χ2v) is 4.43. The lowest BCUT2D eigenvalue weighted by molar-refractivity contribution is -0.132. The Kier molecular flexibility index (Phi) is 4.93. The summed E-state index contributed by atoms with van der Waals surface area (Å²) in [6, 6.07) is 13.0. The summed E-state index contributed by atoms with van der Waals surface area (Å²) in [5, 5.41) is 8.61. The van der Waals surface area contributed by atoms with Crippen LogP contribution in [0.2, 0.25) is 0 Å². The zero-order valence-electron chi connectivity index (χ0n) is 11.3. The highest BCUT2D eigenvalue weighted by Crippen LogP contribution is 2.11. The molecule has 108 valence electrons. The predicted molar refractivity (Wildman–Crippen MR) is 76.2 cm³/mol. The molecule has 5 heteroatoms. The molecule has 1 heterocycles. The van der Waals surface area contributed by atoms with E-state index in [-0.39, 0.29) is 12.5 Å². The molecule has 0 aliphatic rings. The molecule has 1 aromatic carbocycles. The van der Waals surface area contributed by atoms with Crippen LogP contribution in [-0.2, 0) is 22.7 Å². The summed E-state index contributed by atoms with van der Waals surface area (Å²) in [5.74, 6) is -0.887. The third kappa shape index (κ3) is 4.65. The fourth-order valence-corrected chi connectivity index (χ4v) is 1.85. The maximum Gasteiger partial charge on any atom is 0.328 e. The van der Waals surface area contributed by atoms with Crippen molar-refractivity contribution in [3.8, 4) is 0 Å². The number of amides is 1. The molecular weight excluding hydrogens is 270 g/mol. The molecule has 0 bridgehead atoms. The average Bonchev–Trinajstić information content (AvgIpc) is 2.98. The first kappa shape index (κ1) is 14.6. The normalized spacial score (nSPS) is 10.7. The Hall–Kier alpha value is -2.82. The summed E-state index contributed by atoms with van der Waals surface area (Å²) in [6.45, 7) is 0.662. The van der Waals surface area contributed by atoms with Gasteiger partial charge in [-0.25, -0.2) is 4.79 Å². The Morgan fingerprint density at radius 3 is 2.43 bits per heavy atom. The predicted octanol–water partition coefficient (Wildman–Crippen LogP) is 2.45. The minimum Gasteiger partial charge on any atom is -0.478 e. The highest BCUT2D eigenvalue weighted by Gasteiger charge is 2.13. The number of carboxylic acid groups (broad SMARTS) is 1. The maximum atomic E-state index is 12.1. The third-order valence-electron chi connectivity index (χ3n) is 2.82. The fraction of sp³-hybridized carbons (Fsp3) is 0.125. The molecule has 0 spiro atoms. The minimum absolute atomic E-state index is 0.282. The van der Waals surface area contributed by atoms with Gasteiger partial charge in [-0.15, -0.1) is 0 Å². The molecule has 0 unspecified atom stereocenters. The largest absolute Gasteiger partial charge is 0.478 e. The van der Waals surface area contributed by atoms with Crippen molar-refractivity contribution >= 4 is 11.9 Å². The van der Waals surface area contributed by atoms with Crippen molar-refractivity contribution in [3.63, 3.8) is 0 Å². The summed E-state index contributed by atoms with van der Waals surface area (Å²) in [7, 11) is 0. The molecule has 0 saturated heterocycles. The first-order valence-electron chi connectivity index (χ1n) is 6.41. The van der Waals surface area contributed by atoms with Gasteiger partial charge in [-0.05, 0) is 17.7 Å². The fourth-order valence-electron chi connectivity index (χ4n) is 1.85. The van der Waals surface area contributed by atoms with Crippen molar-refractivity contribution < 1.29 is 19.1 Å².